The zero-order valence-corrected chi connectivity index (χ0v) is 19.3. The van der Waals surface area contributed by atoms with Crippen molar-refractivity contribution in [3.8, 4) is 11.5 Å². The molecular formula is C21H21ClN4O5S. The molecule has 0 aliphatic rings. The number of hydrogen-bond acceptors (Lipinski definition) is 8. The lowest BCUT2D eigenvalue weighted by atomic mass is 10.2. The van der Waals surface area contributed by atoms with E-state index in [0.29, 0.717) is 46.5 Å². The lowest BCUT2D eigenvalue weighted by Crippen LogP contribution is -2.19. The number of ether oxygens (including phenoxy) is 3. The van der Waals surface area contributed by atoms with Gasteiger partial charge in [0.05, 0.1) is 29.3 Å². The number of fused-ring (bicyclic) bond motifs is 3. The quantitative estimate of drug-likeness (QED) is 0.356. The molecule has 1 aromatic carbocycles. The van der Waals surface area contributed by atoms with Gasteiger partial charge in [0.15, 0.2) is 23.9 Å². The molecule has 3 heterocycles. The van der Waals surface area contributed by atoms with Gasteiger partial charge in [-0.15, -0.1) is 21.5 Å². The van der Waals surface area contributed by atoms with Crippen LogP contribution in [0, 0.1) is 0 Å². The van der Waals surface area contributed by atoms with Crippen LogP contribution < -0.4 is 15.0 Å². The van der Waals surface area contributed by atoms with Gasteiger partial charge in [-0.2, -0.15) is 0 Å². The largest absolute Gasteiger partial charge is 0.490 e. The van der Waals surface area contributed by atoms with E-state index in [0.717, 1.165) is 6.42 Å². The van der Waals surface area contributed by atoms with E-state index in [9.17, 15) is 9.59 Å². The number of carbonyl (C=O) groups excluding carboxylic acids is 1. The fourth-order valence-electron chi connectivity index (χ4n) is 3.25. The fourth-order valence-corrected chi connectivity index (χ4v) is 4.37. The number of benzene rings is 1. The third-order valence-electron chi connectivity index (χ3n) is 4.73. The average molecular weight is 477 g/mol. The van der Waals surface area contributed by atoms with Crippen molar-refractivity contribution in [1.82, 2.24) is 19.2 Å². The van der Waals surface area contributed by atoms with Crippen molar-refractivity contribution in [1.29, 1.82) is 0 Å². The van der Waals surface area contributed by atoms with Crippen LogP contribution in [0.15, 0.2) is 28.4 Å². The van der Waals surface area contributed by atoms with E-state index in [1.54, 1.807) is 17.5 Å². The number of carbonyl (C=O) groups is 1. The number of esters is 1. The Morgan fingerprint density at radius 3 is 2.78 bits per heavy atom. The van der Waals surface area contributed by atoms with E-state index in [-0.39, 0.29) is 22.8 Å². The summed E-state index contributed by atoms with van der Waals surface area (Å²) in [6, 6.07) is 4.85. The highest BCUT2D eigenvalue weighted by atomic mass is 35.5. The number of nitrogens with zero attached hydrogens (tertiary/aromatic N) is 4. The normalized spacial score (nSPS) is 11.2. The number of halogens is 1. The van der Waals surface area contributed by atoms with Gasteiger partial charge >= 0.3 is 5.97 Å². The summed E-state index contributed by atoms with van der Waals surface area (Å²) in [5, 5.41) is 10.3. The van der Waals surface area contributed by atoms with Gasteiger partial charge in [0, 0.05) is 7.05 Å². The van der Waals surface area contributed by atoms with Gasteiger partial charge in [0.25, 0.3) is 5.56 Å². The highest BCUT2D eigenvalue weighted by molar-refractivity contribution is 7.17. The molecule has 0 saturated heterocycles. The molecule has 4 rings (SSSR count). The maximum atomic E-state index is 12.8. The van der Waals surface area contributed by atoms with E-state index in [4.69, 9.17) is 25.8 Å². The Labute approximate surface area is 192 Å². The average Bonchev–Trinajstić information content (AvgIpc) is 3.42. The summed E-state index contributed by atoms with van der Waals surface area (Å²) in [6.07, 6.45) is 0.807. The Morgan fingerprint density at radius 1 is 1.22 bits per heavy atom. The monoisotopic (exact) mass is 476 g/mol. The van der Waals surface area contributed by atoms with Crippen LogP contribution in [0.4, 0.5) is 0 Å². The Hall–Kier alpha value is -3.11. The van der Waals surface area contributed by atoms with Crippen LogP contribution in [0.3, 0.4) is 0 Å². The van der Waals surface area contributed by atoms with Crippen molar-refractivity contribution in [2.45, 2.75) is 26.9 Å². The van der Waals surface area contributed by atoms with Crippen LogP contribution in [-0.4, -0.2) is 38.3 Å². The van der Waals surface area contributed by atoms with Gasteiger partial charge in [0.1, 0.15) is 4.70 Å². The number of hydrogen-bond donors (Lipinski definition) is 0. The predicted octanol–water partition coefficient (Wildman–Crippen LogP) is 3.84. The molecule has 0 N–H and O–H groups in total. The number of thiophene rings is 1. The zero-order valence-electron chi connectivity index (χ0n) is 17.8. The van der Waals surface area contributed by atoms with E-state index < -0.39 is 5.97 Å². The molecule has 0 fully saturated rings. The molecule has 0 bridgehead atoms. The van der Waals surface area contributed by atoms with E-state index in [2.05, 4.69) is 10.2 Å². The van der Waals surface area contributed by atoms with Crippen LogP contribution in [-0.2, 0) is 18.4 Å². The van der Waals surface area contributed by atoms with Crippen molar-refractivity contribution in [2.75, 3.05) is 13.2 Å². The van der Waals surface area contributed by atoms with Gasteiger partial charge in [-0.05, 0) is 36.9 Å². The van der Waals surface area contributed by atoms with Gasteiger partial charge in [-0.1, -0.05) is 18.5 Å². The molecule has 0 saturated carbocycles. The highest BCUT2D eigenvalue weighted by Crippen LogP contribution is 2.37. The minimum atomic E-state index is -0.599. The standard InChI is InChI=1S/C21H21ClN4O5S/c1-4-7-30-17-13(22)9-12(10-15(17)29-5-2)20(28)31-11-16-23-24-21-25(3)19(27)18-14(26(16)21)6-8-32-18/h6,8-10H,4-5,7,11H2,1-3H3. The first kappa shape index (κ1) is 22.1. The second kappa shape index (κ2) is 9.17. The van der Waals surface area contributed by atoms with Gasteiger partial charge in [-0.25, -0.2) is 4.79 Å². The predicted molar refractivity (Wildman–Crippen MR) is 121 cm³/mol. The summed E-state index contributed by atoms with van der Waals surface area (Å²) >= 11 is 7.68. The molecule has 0 radical (unpaired) electrons. The number of aryl methyl sites for hydroxylation is 1. The molecule has 0 atom stereocenters. The molecule has 0 aliphatic carbocycles. The second-order valence-electron chi connectivity index (χ2n) is 6.89. The first-order chi connectivity index (χ1) is 15.5. The summed E-state index contributed by atoms with van der Waals surface area (Å²) < 4.78 is 20.5. The summed E-state index contributed by atoms with van der Waals surface area (Å²) in [6.45, 7) is 4.54. The Morgan fingerprint density at radius 2 is 2.03 bits per heavy atom. The number of rotatable bonds is 8. The second-order valence-corrected chi connectivity index (χ2v) is 8.22. The molecule has 32 heavy (non-hydrogen) atoms. The van der Waals surface area contributed by atoms with Crippen molar-refractivity contribution in [2.24, 2.45) is 7.05 Å². The van der Waals surface area contributed by atoms with Gasteiger partial charge in [0.2, 0.25) is 5.78 Å². The SMILES string of the molecule is CCCOc1c(Cl)cc(C(=O)OCc2nnc3n(C)c(=O)c4sccc4n23)cc1OCC. The molecule has 0 spiro atoms. The molecule has 3 aromatic heterocycles. The first-order valence-electron chi connectivity index (χ1n) is 10.0. The van der Waals surface area contributed by atoms with Crippen molar-refractivity contribution < 1.29 is 19.0 Å². The van der Waals surface area contributed by atoms with Crippen LogP contribution in [0.5, 0.6) is 11.5 Å². The molecule has 9 nitrogen and oxygen atoms in total. The summed E-state index contributed by atoms with van der Waals surface area (Å²) in [5.41, 5.74) is 0.745. The van der Waals surface area contributed by atoms with Crippen LogP contribution >= 0.6 is 22.9 Å². The molecule has 168 valence electrons. The minimum absolute atomic E-state index is 0.140. The van der Waals surface area contributed by atoms with Crippen molar-refractivity contribution in [3.63, 3.8) is 0 Å². The van der Waals surface area contributed by atoms with Gasteiger partial charge in [-0.3, -0.25) is 13.8 Å². The summed E-state index contributed by atoms with van der Waals surface area (Å²) in [5.74, 6) is 0.940. The third kappa shape index (κ3) is 3.91. The summed E-state index contributed by atoms with van der Waals surface area (Å²) in [7, 11) is 1.63. The first-order valence-corrected chi connectivity index (χ1v) is 11.3. The lowest BCUT2D eigenvalue weighted by molar-refractivity contribution is 0.0461. The summed E-state index contributed by atoms with van der Waals surface area (Å²) in [4.78, 5) is 25.2. The van der Waals surface area contributed by atoms with Crippen molar-refractivity contribution in [3.05, 3.63) is 50.3 Å². The smallest absolute Gasteiger partial charge is 0.338 e. The molecular weight excluding hydrogens is 456 g/mol. The molecule has 0 aliphatic heterocycles. The topological polar surface area (TPSA) is 97.0 Å². The van der Waals surface area contributed by atoms with Crippen LogP contribution in [0.25, 0.3) is 16.0 Å². The molecule has 11 heteroatoms. The number of aromatic nitrogens is 4. The molecule has 0 amide bonds. The molecule has 4 aromatic rings. The Balaban J connectivity index is 1.62. The maximum Gasteiger partial charge on any atom is 0.338 e. The third-order valence-corrected chi connectivity index (χ3v) is 5.90. The van der Waals surface area contributed by atoms with Crippen LogP contribution in [0.2, 0.25) is 5.02 Å². The highest BCUT2D eigenvalue weighted by Gasteiger charge is 2.20. The van der Waals surface area contributed by atoms with Crippen molar-refractivity contribution >= 4 is 44.9 Å². The van der Waals surface area contributed by atoms with E-state index in [1.165, 1.54) is 22.0 Å². The fraction of sp³-hybridized carbons (Fsp3) is 0.333. The maximum absolute atomic E-state index is 12.8. The van der Waals surface area contributed by atoms with Crippen LogP contribution in [0.1, 0.15) is 36.5 Å². The Bertz CT molecular complexity index is 1360. The molecule has 0 unspecified atom stereocenters. The minimum Gasteiger partial charge on any atom is -0.490 e. The van der Waals surface area contributed by atoms with Gasteiger partial charge < -0.3 is 14.2 Å². The Kier molecular flexibility index (Phi) is 6.33. The van der Waals surface area contributed by atoms with E-state index in [1.807, 2.05) is 25.3 Å². The van der Waals surface area contributed by atoms with E-state index >= 15 is 0 Å². The zero-order chi connectivity index (χ0) is 22.8. The lowest BCUT2D eigenvalue weighted by Gasteiger charge is -2.14.